The second-order valence-corrected chi connectivity index (χ2v) is 16.4. The molecule has 0 unspecified atom stereocenters. The van der Waals surface area contributed by atoms with Crippen molar-refractivity contribution in [2.45, 2.75) is 5.41 Å². The van der Waals surface area contributed by atoms with Gasteiger partial charge in [0.25, 0.3) is 0 Å². The van der Waals surface area contributed by atoms with Gasteiger partial charge >= 0.3 is 0 Å². The zero-order valence-electron chi connectivity index (χ0n) is 33.6. The number of fused-ring (bicyclic) bond motifs is 15. The quantitative estimate of drug-likeness (QED) is 0.178. The van der Waals surface area contributed by atoms with Crippen LogP contribution in [0.15, 0.2) is 223 Å². The van der Waals surface area contributed by atoms with Crippen LogP contribution >= 0.6 is 0 Å². The second kappa shape index (κ2) is 13.4. The maximum atomic E-state index is 6.26. The zero-order valence-corrected chi connectivity index (χ0v) is 33.6. The summed E-state index contributed by atoms with van der Waals surface area (Å²) >= 11 is 0. The van der Waals surface area contributed by atoms with E-state index in [2.05, 4.69) is 200 Å². The van der Waals surface area contributed by atoms with Crippen molar-refractivity contribution in [3.63, 3.8) is 0 Å². The van der Waals surface area contributed by atoms with Crippen LogP contribution in [-0.4, -0.2) is 9.97 Å². The molecule has 2 aromatic heterocycles. The molecule has 0 radical (unpaired) electrons. The highest BCUT2D eigenvalue weighted by Gasteiger charge is 2.49. The molecule has 1 spiro atoms. The lowest BCUT2D eigenvalue weighted by Crippen LogP contribution is -2.29. The van der Waals surface area contributed by atoms with Crippen molar-refractivity contribution in [2.24, 2.45) is 0 Å². The van der Waals surface area contributed by atoms with E-state index in [4.69, 9.17) is 14.4 Å². The highest BCUT2D eigenvalue weighted by molar-refractivity contribution is 6.06. The molecule has 62 heavy (non-hydrogen) atoms. The second-order valence-electron chi connectivity index (χ2n) is 16.4. The molecule has 2 heterocycles. The molecule has 0 saturated carbocycles. The van der Waals surface area contributed by atoms with E-state index in [-0.39, 0.29) is 0 Å². The van der Waals surface area contributed by atoms with E-state index >= 15 is 0 Å². The summed E-state index contributed by atoms with van der Waals surface area (Å²) in [7, 11) is 0. The van der Waals surface area contributed by atoms with Gasteiger partial charge in [0.1, 0.15) is 11.2 Å². The monoisotopic (exact) mass is 788 g/mol. The molecule has 0 aliphatic heterocycles. The van der Waals surface area contributed by atoms with Crippen LogP contribution in [0.5, 0.6) is 0 Å². The molecule has 3 nitrogen and oxygen atoms in total. The fraction of sp³-hybridized carbons (Fsp3) is 0.0169. The largest absolute Gasteiger partial charge is 0.456 e. The molecule has 0 fully saturated rings. The Hall–Kier alpha value is -8.14. The fourth-order valence-electron chi connectivity index (χ4n) is 10.5. The third kappa shape index (κ3) is 5.00. The van der Waals surface area contributed by atoms with Crippen LogP contribution in [0.25, 0.3) is 100 Å². The van der Waals surface area contributed by atoms with Crippen LogP contribution in [0.4, 0.5) is 0 Å². The van der Waals surface area contributed by atoms with Crippen molar-refractivity contribution in [1.82, 2.24) is 9.97 Å². The minimum atomic E-state index is -0.597. The number of aromatic nitrogens is 2. The Morgan fingerprint density at radius 3 is 1.48 bits per heavy atom. The Balaban J connectivity index is 1.09. The van der Waals surface area contributed by atoms with Crippen LogP contribution in [0, 0.1) is 0 Å². The maximum Gasteiger partial charge on any atom is 0.160 e. The number of para-hydroxylation sites is 1. The Morgan fingerprint density at radius 1 is 0.290 bits per heavy atom. The molecule has 9 aromatic carbocycles. The van der Waals surface area contributed by atoms with Crippen molar-refractivity contribution in [3.05, 3.63) is 241 Å². The number of furan rings is 1. The molecule has 0 saturated heterocycles. The first-order valence-corrected chi connectivity index (χ1v) is 21.2. The number of hydrogen-bond donors (Lipinski definition) is 0. The summed E-state index contributed by atoms with van der Waals surface area (Å²) < 4.78 is 6.26. The lowest BCUT2D eigenvalue weighted by atomic mass is 9.65. The van der Waals surface area contributed by atoms with Crippen LogP contribution in [-0.2, 0) is 5.41 Å². The molecule has 3 heteroatoms. The highest BCUT2D eigenvalue weighted by atomic mass is 16.3. The number of nitrogens with zero attached hydrogens (tertiary/aromatic N) is 2. The Labute approximate surface area is 359 Å². The van der Waals surface area contributed by atoms with Gasteiger partial charge < -0.3 is 4.42 Å². The normalized spacial score (nSPS) is 13.0. The van der Waals surface area contributed by atoms with E-state index in [9.17, 15) is 0 Å². The number of benzene rings is 9. The molecule has 13 rings (SSSR count). The van der Waals surface area contributed by atoms with Crippen LogP contribution in [0.3, 0.4) is 0 Å². The average molecular weight is 789 g/mol. The maximum absolute atomic E-state index is 6.26. The smallest absolute Gasteiger partial charge is 0.160 e. The summed E-state index contributed by atoms with van der Waals surface area (Å²) in [4.78, 5) is 10.9. The van der Waals surface area contributed by atoms with E-state index in [1.807, 2.05) is 18.2 Å². The Kier molecular flexibility index (Phi) is 7.52. The van der Waals surface area contributed by atoms with Gasteiger partial charge in [0.15, 0.2) is 5.82 Å². The summed E-state index contributed by atoms with van der Waals surface area (Å²) in [6.07, 6.45) is 0. The Bertz CT molecular complexity index is 3530. The predicted molar refractivity (Wildman–Crippen MR) is 253 cm³/mol. The Morgan fingerprint density at radius 2 is 0.790 bits per heavy atom. The van der Waals surface area contributed by atoms with Gasteiger partial charge in [0.2, 0.25) is 0 Å². The molecule has 2 aliphatic carbocycles. The molecule has 2 aliphatic rings. The molecule has 288 valence electrons. The first kappa shape index (κ1) is 34.7. The van der Waals surface area contributed by atoms with E-state index in [1.54, 1.807) is 0 Å². The van der Waals surface area contributed by atoms with Gasteiger partial charge in [-0.05, 0) is 103 Å². The third-order valence-corrected chi connectivity index (χ3v) is 13.2. The van der Waals surface area contributed by atoms with Gasteiger partial charge in [0, 0.05) is 27.5 Å². The predicted octanol–water partition coefficient (Wildman–Crippen LogP) is 15.1. The van der Waals surface area contributed by atoms with Gasteiger partial charge in [-0.15, -0.1) is 0 Å². The van der Waals surface area contributed by atoms with E-state index in [0.717, 1.165) is 61.1 Å². The summed E-state index contributed by atoms with van der Waals surface area (Å²) in [5.41, 5.74) is 20.7. The van der Waals surface area contributed by atoms with Crippen molar-refractivity contribution in [1.29, 1.82) is 0 Å². The SMILES string of the molecule is c1ccc(-c2ccccc2-c2cc(-c3ccc4c(c3)C3(c5ccccc5-c5ccccc5-c5ccccc53)c3ccccc3-4)nc(-c3ccc4oc5ccccc5c4c3)n2)cc1. The lowest BCUT2D eigenvalue weighted by Gasteiger charge is -2.35. The van der Waals surface area contributed by atoms with Crippen molar-refractivity contribution in [3.8, 4) is 78.4 Å². The van der Waals surface area contributed by atoms with Crippen LogP contribution in [0.1, 0.15) is 22.3 Å². The van der Waals surface area contributed by atoms with Gasteiger partial charge in [-0.25, -0.2) is 9.97 Å². The summed E-state index contributed by atoms with van der Waals surface area (Å²) in [6.45, 7) is 0. The van der Waals surface area contributed by atoms with Crippen LogP contribution < -0.4 is 0 Å². The van der Waals surface area contributed by atoms with Crippen molar-refractivity contribution >= 4 is 21.9 Å². The number of rotatable bonds is 4. The average Bonchev–Trinajstić information content (AvgIpc) is 3.83. The van der Waals surface area contributed by atoms with Crippen molar-refractivity contribution < 1.29 is 4.42 Å². The first-order valence-electron chi connectivity index (χ1n) is 21.2. The molecular weight excluding hydrogens is 753 g/mol. The van der Waals surface area contributed by atoms with Gasteiger partial charge in [0.05, 0.1) is 16.8 Å². The highest BCUT2D eigenvalue weighted by Crippen LogP contribution is 2.61. The summed E-state index contributed by atoms with van der Waals surface area (Å²) in [6, 6.07) is 78.8. The van der Waals surface area contributed by atoms with Crippen LogP contribution in [0.2, 0.25) is 0 Å². The zero-order chi connectivity index (χ0) is 40.8. The minimum Gasteiger partial charge on any atom is -0.456 e. The van der Waals surface area contributed by atoms with E-state index in [1.165, 1.54) is 55.6 Å². The van der Waals surface area contributed by atoms with Gasteiger partial charge in [-0.1, -0.05) is 182 Å². The van der Waals surface area contributed by atoms with E-state index < -0.39 is 5.41 Å². The van der Waals surface area contributed by atoms with Gasteiger partial charge in [-0.3, -0.25) is 0 Å². The third-order valence-electron chi connectivity index (χ3n) is 13.2. The summed E-state index contributed by atoms with van der Waals surface area (Å²) in [5, 5.41) is 2.12. The first-order chi connectivity index (χ1) is 30.7. The molecule has 0 amide bonds. The lowest BCUT2D eigenvalue weighted by molar-refractivity contribution is 0.669. The number of hydrogen-bond acceptors (Lipinski definition) is 3. The molecular formula is C59H36N2O. The van der Waals surface area contributed by atoms with E-state index in [0.29, 0.717) is 5.82 Å². The molecule has 11 aromatic rings. The minimum absolute atomic E-state index is 0.597. The standard InChI is InChI=1S/C59H36N2O/c1-2-16-37(17-3-1)40-18-4-7-24-47(40)55-36-54(60-58(61-55)39-31-33-57-49(34-39)48-25-11-15-29-56(48)62-57)38-30-32-46-45-23-10-14-28-52(45)59(53(46)35-38)50-26-12-8-21-43(50)41-19-5-6-20-42(41)44-22-9-13-27-51(44)59/h1-36H. The van der Waals surface area contributed by atoms with Crippen molar-refractivity contribution in [2.75, 3.05) is 0 Å². The van der Waals surface area contributed by atoms with Gasteiger partial charge in [-0.2, -0.15) is 0 Å². The topological polar surface area (TPSA) is 38.9 Å². The molecule has 0 bridgehead atoms. The molecule has 0 N–H and O–H groups in total. The summed E-state index contributed by atoms with van der Waals surface area (Å²) in [5.74, 6) is 0.659. The fourth-order valence-corrected chi connectivity index (χ4v) is 10.5. The molecule has 0 atom stereocenters.